The van der Waals surface area contributed by atoms with Gasteiger partial charge in [0.1, 0.15) is 16.4 Å². The molecule has 0 aliphatic carbocycles. The Morgan fingerprint density at radius 1 is 1.00 bits per heavy atom. The minimum atomic E-state index is -3.51. The fraction of sp³-hybridized carbons (Fsp3) is 0.167. The van der Waals surface area contributed by atoms with Gasteiger partial charge in [-0.1, -0.05) is 36.4 Å². The van der Waals surface area contributed by atoms with E-state index in [0.29, 0.717) is 0 Å². The fourth-order valence-electron chi connectivity index (χ4n) is 2.18. The average Bonchev–Trinajstić information content (AvgIpc) is 2.58. The van der Waals surface area contributed by atoms with Crippen LogP contribution in [0.4, 0.5) is 0 Å². The highest BCUT2D eigenvalue weighted by Crippen LogP contribution is 2.32. The Balaban J connectivity index is 2.46. The average molecular weight is 346 g/mol. The van der Waals surface area contributed by atoms with Crippen molar-refractivity contribution in [2.45, 2.75) is 4.90 Å². The van der Waals surface area contributed by atoms with Gasteiger partial charge < -0.3 is 9.47 Å². The van der Waals surface area contributed by atoms with Gasteiger partial charge in [0.2, 0.25) is 0 Å². The molecule has 6 heteroatoms. The van der Waals surface area contributed by atoms with Crippen LogP contribution in [0.1, 0.15) is 15.9 Å². The zero-order valence-electron chi connectivity index (χ0n) is 13.6. The first-order valence-electron chi connectivity index (χ1n) is 7.10. The standard InChI is InChI=1S/C18H18O5S/c1-22-16-12-18(24(3,20)21)17(23-2)11-14(16)15(19)10-9-13-7-5-4-6-8-13/h4-12H,1-3H3/b10-9+. The first kappa shape index (κ1) is 17.7. The molecule has 0 atom stereocenters. The smallest absolute Gasteiger partial charge is 0.189 e. The summed E-state index contributed by atoms with van der Waals surface area (Å²) >= 11 is 0. The summed E-state index contributed by atoms with van der Waals surface area (Å²) in [5, 5.41) is 0. The Hall–Kier alpha value is -2.60. The molecule has 0 spiro atoms. The number of hydrogen-bond donors (Lipinski definition) is 0. The number of allylic oxidation sites excluding steroid dienone is 1. The maximum atomic E-state index is 12.5. The van der Waals surface area contributed by atoms with Crippen LogP contribution in [0.25, 0.3) is 6.08 Å². The second-order valence-electron chi connectivity index (χ2n) is 5.08. The summed E-state index contributed by atoms with van der Waals surface area (Å²) in [5.41, 5.74) is 1.11. The molecule has 2 aromatic rings. The van der Waals surface area contributed by atoms with Crippen LogP contribution in [-0.2, 0) is 9.84 Å². The number of hydrogen-bond acceptors (Lipinski definition) is 5. The van der Waals surface area contributed by atoms with Crippen molar-refractivity contribution in [3.8, 4) is 11.5 Å². The van der Waals surface area contributed by atoms with Crippen LogP contribution in [0.3, 0.4) is 0 Å². The molecule has 0 aliphatic rings. The number of benzene rings is 2. The van der Waals surface area contributed by atoms with Gasteiger partial charge >= 0.3 is 0 Å². The van der Waals surface area contributed by atoms with Gasteiger partial charge in [0.05, 0.1) is 19.8 Å². The second kappa shape index (κ2) is 7.31. The largest absolute Gasteiger partial charge is 0.496 e. The van der Waals surface area contributed by atoms with Crippen molar-refractivity contribution in [1.29, 1.82) is 0 Å². The quantitative estimate of drug-likeness (QED) is 0.594. The van der Waals surface area contributed by atoms with Crippen LogP contribution in [0.15, 0.2) is 53.4 Å². The highest BCUT2D eigenvalue weighted by molar-refractivity contribution is 7.90. The topological polar surface area (TPSA) is 69.7 Å². The summed E-state index contributed by atoms with van der Waals surface area (Å²) in [5.74, 6) is -0.0252. The van der Waals surface area contributed by atoms with Crippen LogP contribution in [0.2, 0.25) is 0 Å². The Morgan fingerprint density at radius 3 is 2.17 bits per heavy atom. The summed E-state index contributed by atoms with van der Waals surface area (Å²) < 4.78 is 34.0. The molecular weight excluding hydrogens is 328 g/mol. The Morgan fingerprint density at radius 2 is 1.62 bits per heavy atom. The number of methoxy groups -OCH3 is 2. The highest BCUT2D eigenvalue weighted by Gasteiger charge is 2.21. The van der Waals surface area contributed by atoms with E-state index in [9.17, 15) is 13.2 Å². The molecule has 0 heterocycles. The predicted molar refractivity (Wildman–Crippen MR) is 92.5 cm³/mol. The molecule has 0 aromatic heterocycles. The van der Waals surface area contributed by atoms with Crippen molar-refractivity contribution in [3.63, 3.8) is 0 Å². The predicted octanol–water partition coefficient (Wildman–Crippen LogP) is 3.00. The fourth-order valence-corrected chi connectivity index (χ4v) is 3.01. The van der Waals surface area contributed by atoms with Gasteiger partial charge in [0.25, 0.3) is 0 Å². The van der Waals surface area contributed by atoms with Crippen molar-refractivity contribution >= 4 is 21.7 Å². The van der Waals surface area contributed by atoms with E-state index >= 15 is 0 Å². The van der Waals surface area contributed by atoms with E-state index in [2.05, 4.69) is 0 Å². The minimum absolute atomic E-state index is 0.0227. The summed E-state index contributed by atoms with van der Waals surface area (Å²) in [6, 6.07) is 12.0. The third-order valence-electron chi connectivity index (χ3n) is 3.38. The van der Waals surface area contributed by atoms with Crippen molar-refractivity contribution < 1.29 is 22.7 Å². The van der Waals surface area contributed by atoms with Gasteiger partial charge in [-0.05, 0) is 17.7 Å². The summed E-state index contributed by atoms with van der Waals surface area (Å²) in [6.07, 6.45) is 4.16. The van der Waals surface area contributed by atoms with E-state index in [1.54, 1.807) is 6.08 Å². The van der Waals surface area contributed by atoms with E-state index < -0.39 is 9.84 Å². The Kier molecular flexibility index (Phi) is 5.41. The van der Waals surface area contributed by atoms with Gasteiger partial charge in [-0.2, -0.15) is 0 Å². The minimum Gasteiger partial charge on any atom is -0.496 e. The number of carbonyl (C=O) groups excluding carboxylic acids is 1. The maximum Gasteiger partial charge on any atom is 0.189 e. The molecule has 0 aliphatic heterocycles. The van der Waals surface area contributed by atoms with Gasteiger partial charge in [0.15, 0.2) is 15.6 Å². The molecule has 0 saturated carbocycles. The first-order valence-corrected chi connectivity index (χ1v) is 8.99. The van der Waals surface area contributed by atoms with Gasteiger partial charge in [-0.15, -0.1) is 0 Å². The van der Waals surface area contributed by atoms with Gasteiger partial charge in [0, 0.05) is 12.3 Å². The van der Waals surface area contributed by atoms with E-state index in [-0.39, 0.29) is 27.7 Å². The monoisotopic (exact) mass is 346 g/mol. The normalized spacial score (nSPS) is 11.5. The lowest BCUT2D eigenvalue weighted by Gasteiger charge is -2.12. The summed E-state index contributed by atoms with van der Waals surface area (Å²) in [4.78, 5) is 12.4. The summed E-state index contributed by atoms with van der Waals surface area (Å²) in [7, 11) is -0.778. The van der Waals surface area contributed by atoms with Crippen molar-refractivity contribution in [1.82, 2.24) is 0 Å². The first-order chi connectivity index (χ1) is 11.4. The second-order valence-corrected chi connectivity index (χ2v) is 7.07. The molecular formula is C18H18O5S. The zero-order chi connectivity index (χ0) is 17.7. The number of ketones is 1. The van der Waals surface area contributed by atoms with Crippen molar-refractivity contribution in [2.24, 2.45) is 0 Å². The molecule has 0 unspecified atom stereocenters. The van der Waals surface area contributed by atoms with E-state index in [0.717, 1.165) is 11.8 Å². The van der Waals surface area contributed by atoms with Crippen LogP contribution >= 0.6 is 0 Å². The van der Waals surface area contributed by atoms with Crippen LogP contribution in [0, 0.1) is 0 Å². The highest BCUT2D eigenvalue weighted by atomic mass is 32.2. The Labute approximate surface area is 141 Å². The van der Waals surface area contributed by atoms with Crippen molar-refractivity contribution in [2.75, 3.05) is 20.5 Å². The third kappa shape index (κ3) is 4.02. The molecule has 0 amide bonds. The van der Waals surface area contributed by atoms with Gasteiger partial charge in [-0.3, -0.25) is 4.79 Å². The third-order valence-corrected chi connectivity index (χ3v) is 4.50. The molecule has 0 saturated heterocycles. The molecule has 2 aromatic carbocycles. The molecule has 0 N–H and O–H groups in total. The van der Waals surface area contributed by atoms with Gasteiger partial charge in [-0.25, -0.2) is 8.42 Å². The van der Waals surface area contributed by atoms with E-state index in [1.807, 2.05) is 30.3 Å². The number of sulfone groups is 1. The molecule has 2 rings (SSSR count). The lowest BCUT2D eigenvalue weighted by molar-refractivity contribution is 0.104. The van der Waals surface area contributed by atoms with E-state index in [1.165, 1.54) is 32.4 Å². The summed E-state index contributed by atoms with van der Waals surface area (Å²) in [6.45, 7) is 0. The van der Waals surface area contributed by atoms with Crippen LogP contribution < -0.4 is 9.47 Å². The lowest BCUT2D eigenvalue weighted by atomic mass is 10.1. The molecule has 0 fully saturated rings. The number of rotatable bonds is 6. The number of ether oxygens (including phenoxy) is 2. The SMILES string of the molecule is COc1cc(S(C)(=O)=O)c(OC)cc1C(=O)/C=C/c1ccccc1. The van der Waals surface area contributed by atoms with Crippen LogP contribution in [-0.4, -0.2) is 34.7 Å². The molecule has 126 valence electrons. The molecule has 0 radical (unpaired) electrons. The zero-order valence-corrected chi connectivity index (χ0v) is 14.5. The maximum absolute atomic E-state index is 12.5. The molecule has 24 heavy (non-hydrogen) atoms. The molecule has 5 nitrogen and oxygen atoms in total. The lowest BCUT2D eigenvalue weighted by Crippen LogP contribution is -2.06. The van der Waals surface area contributed by atoms with Crippen molar-refractivity contribution in [3.05, 3.63) is 59.7 Å². The molecule has 0 bridgehead atoms. The number of carbonyl (C=O) groups is 1. The van der Waals surface area contributed by atoms with Crippen LogP contribution in [0.5, 0.6) is 11.5 Å². The van der Waals surface area contributed by atoms with E-state index in [4.69, 9.17) is 9.47 Å². The Bertz CT molecular complexity index is 868.